The summed E-state index contributed by atoms with van der Waals surface area (Å²) in [5.74, 6) is -0.877. The molecule has 2 atom stereocenters. The highest BCUT2D eigenvalue weighted by atomic mass is 79.9. The van der Waals surface area contributed by atoms with Crippen LogP contribution in [0.25, 0.3) is 0 Å². The fourth-order valence-electron chi connectivity index (χ4n) is 2.21. The standard InChI is InChI=1S/C17H19BrN2O5S/c1-2-25-17(22)15(16(21)11-3-7-13(19)8-4-11)20-26(23,24)14-9-5-12(18)6-10-14/h3-10,15-16,20-21H,2,19H2,1H3. The first-order valence-electron chi connectivity index (χ1n) is 7.72. The first-order valence-corrected chi connectivity index (χ1v) is 10.00. The molecule has 7 nitrogen and oxygen atoms in total. The molecule has 2 unspecified atom stereocenters. The molecule has 0 radical (unpaired) electrons. The summed E-state index contributed by atoms with van der Waals surface area (Å²) in [4.78, 5) is 12.2. The fraction of sp³-hybridized carbons (Fsp3) is 0.235. The van der Waals surface area contributed by atoms with Crippen LogP contribution < -0.4 is 10.5 Å². The van der Waals surface area contributed by atoms with Gasteiger partial charge in [-0.1, -0.05) is 28.1 Å². The molecule has 9 heteroatoms. The first kappa shape index (κ1) is 20.4. The SMILES string of the molecule is CCOC(=O)C(NS(=O)(=O)c1ccc(Br)cc1)C(O)c1ccc(N)cc1. The third-order valence-electron chi connectivity index (χ3n) is 3.54. The van der Waals surface area contributed by atoms with Crippen LogP contribution in [0.15, 0.2) is 57.9 Å². The summed E-state index contributed by atoms with van der Waals surface area (Å²) in [5.41, 5.74) is 6.42. The summed E-state index contributed by atoms with van der Waals surface area (Å²) in [6.45, 7) is 1.64. The van der Waals surface area contributed by atoms with E-state index in [2.05, 4.69) is 20.7 Å². The van der Waals surface area contributed by atoms with E-state index in [1.165, 1.54) is 24.3 Å². The molecular weight excluding hydrogens is 424 g/mol. The Balaban J connectivity index is 2.33. The summed E-state index contributed by atoms with van der Waals surface area (Å²) < 4.78 is 33.0. The molecule has 0 aliphatic heterocycles. The average molecular weight is 443 g/mol. The lowest BCUT2D eigenvalue weighted by Crippen LogP contribution is -2.45. The number of hydrogen-bond donors (Lipinski definition) is 3. The van der Waals surface area contributed by atoms with E-state index in [9.17, 15) is 18.3 Å². The van der Waals surface area contributed by atoms with Crippen molar-refractivity contribution in [3.05, 3.63) is 58.6 Å². The molecule has 0 saturated carbocycles. The van der Waals surface area contributed by atoms with Gasteiger partial charge in [-0.2, -0.15) is 4.72 Å². The number of hydrogen-bond acceptors (Lipinski definition) is 6. The van der Waals surface area contributed by atoms with Crippen molar-refractivity contribution >= 4 is 37.6 Å². The molecule has 0 heterocycles. The number of aliphatic hydroxyl groups is 1. The number of carbonyl (C=O) groups excluding carboxylic acids is 1. The summed E-state index contributed by atoms with van der Waals surface area (Å²) in [5, 5.41) is 10.5. The number of aliphatic hydroxyl groups excluding tert-OH is 1. The zero-order chi connectivity index (χ0) is 19.3. The zero-order valence-electron chi connectivity index (χ0n) is 13.9. The third-order valence-corrected chi connectivity index (χ3v) is 5.53. The number of nitrogen functional groups attached to an aromatic ring is 1. The van der Waals surface area contributed by atoms with Crippen molar-refractivity contribution in [2.75, 3.05) is 12.3 Å². The van der Waals surface area contributed by atoms with Crippen LogP contribution in [0.2, 0.25) is 0 Å². The van der Waals surface area contributed by atoms with Gasteiger partial charge in [0.1, 0.15) is 12.1 Å². The Morgan fingerprint density at radius 3 is 2.31 bits per heavy atom. The van der Waals surface area contributed by atoms with E-state index in [1.54, 1.807) is 31.2 Å². The van der Waals surface area contributed by atoms with Crippen molar-refractivity contribution in [1.82, 2.24) is 4.72 Å². The molecule has 0 saturated heterocycles. The Morgan fingerprint density at radius 1 is 1.19 bits per heavy atom. The van der Waals surface area contributed by atoms with Crippen molar-refractivity contribution in [2.24, 2.45) is 0 Å². The molecule has 2 aromatic carbocycles. The van der Waals surface area contributed by atoms with Crippen molar-refractivity contribution in [1.29, 1.82) is 0 Å². The van der Waals surface area contributed by atoms with Crippen LogP contribution in [0.5, 0.6) is 0 Å². The monoisotopic (exact) mass is 442 g/mol. The summed E-state index contributed by atoms with van der Waals surface area (Å²) in [6.07, 6.45) is -1.44. The minimum Gasteiger partial charge on any atom is -0.465 e. The molecule has 0 fully saturated rings. The Bertz CT molecular complexity index is 854. The Labute approximate surface area is 160 Å². The molecule has 140 valence electrons. The lowest BCUT2D eigenvalue weighted by molar-refractivity contribution is -0.148. The summed E-state index contributed by atoms with van der Waals surface area (Å²) in [6, 6.07) is 10.5. The topological polar surface area (TPSA) is 119 Å². The number of nitrogens with one attached hydrogen (secondary N) is 1. The molecule has 0 amide bonds. The largest absolute Gasteiger partial charge is 0.465 e. The van der Waals surface area contributed by atoms with Gasteiger partial charge in [0.25, 0.3) is 0 Å². The number of benzene rings is 2. The predicted octanol–water partition coefficient (Wildman–Crippen LogP) is 1.97. The van der Waals surface area contributed by atoms with Crippen LogP contribution in [0.1, 0.15) is 18.6 Å². The second-order valence-electron chi connectivity index (χ2n) is 5.42. The molecule has 0 aliphatic rings. The summed E-state index contributed by atoms with van der Waals surface area (Å²) >= 11 is 3.23. The Hall–Kier alpha value is -1.94. The fourth-order valence-corrected chi connectivity index (χ4v) is 3.66. The highest BCUT2D eigenvalue weighted by Crippen LogP contribution is 2.22. The van der Waals surface area contributed by atoms with Gasteiger partial charge < -0.3 is 15.6 Å². The van der Waals surface area contributed by atoms with Crippen molar-refractivity contribution in [2.45, 2.75) is 24.0 Å². The number of ether oxygens (including phenoxy) is 1. The molecule has 26 heavy (non-hydrogen) atoms. The second-order valence-corrected chi connectivity index (χ2v) is 8.05. The molecule has 0 spiro atoms. The predicted molar refractivity (Wildman–Crippen MR) is 101 cm³/mol. The smallest absolute Gasteiger partial charge is 0.327 e. The van der Waals surface area contributed by atoms with E-state index in [1.807, 2.05) is 0 Å². The van der Waals surface area contributed by atoms with Gasteiger partial charge in [-0.3, -0.25) is 4.79 Å². The van der Waals surface area contributed by atoms with E-state index in [0.29, 0.717) is 15.7 Å². The van der Waals surface area contributed by atoms with E-state index >= 15 is 0 Å². The third kappa shape index (κ3) is 5.04. The van der Waals surface area contributed by atoms with Crippen LogP contribution in [-0.4, -0.2) is 32.1 Å². The number of nitrogens with two attached hydrogens (primary N) is 1. The average Bonchev–Trinajstić information content (AvgIpc) is 2.60. The molecule has 0 aromatic heterocycles. The highest BCUT2D eigenvalue weighted by Gasteiger charge is 2.34. The molecule has 2 rings (SSSR count). The number of esters is 1. The van der Waals surface area contributed by atoms with Crippen LogP contribution in [-0.2, 0) is 19.6 Å². The van der Waals surface area contributed by atoms with Crippen molar-refractivity contribution < 1.29 is 23.1 Å². The van der Waals surface area contributed by atoms with Gasteiger partial charge in [0.05, 0.1) is 11.5 Å². The number of halogens is 1. The lowest BCUT2D eigenvalue weighted by atomic mass is 10.0. The first-order chi connectivity index (χ1) is 12.2. The van der Waals surface area contributed by atoms with Gasteiger partial charge in [0.15, 0.2) is 0 Å². The minimum absolute atomic E-state index is 0.0421. The van der Waals surface area contributed by atoms with Gasteiger partial charge in [-0.25, -0.2) is 8.42 Å². The number of anilines is 1. The van der Waals surface area contributed by atoms with Crippen LogP contribution in [0, 0.1) is 0 Å². The number of rotatable bonds is 7. The normalized spacial score (nSPS) is 13.8. The van der Waals surface area contributed by atoms with Crippen molar-refractivity contribution in [3.63, 3.8) is 0 Å². The van der Waals surface area contributed by atoms with Crippen LogP contribution in [0.3, 0.4) is 0 Å². The minimum atomic E-state index is -4.06. The molecule has 2 aromatic rings. The number of sulfonamides is 1. The van der Waals surface area contributed by atoms with Gasteiger partial charge >= 0.3 is 5.97 Å². The van der Waals surface area contributed by atoms with Gasteiger partial charge in [0.2, 0.25) is 10.0 Å². The van der Waals surface area contributed by atoms with Gasteiger partial charge in [-0.05, 0) is 48.9 Å². The maximum absolute atomic E-state index is 12.6. The quantitative estimate of drug-likeness (QED) is 0.445. The van der Waals surface area contributed by atoms with Crippen LogP contribution >= 0.6 is 15.9 Å². The van der Waals surface area contributed by atoms with Gasteiger partial charge in [-0.15, -0.1) is 0 Å². The van der Waals surface area contributed by atoms with Crippen molar-refractivity contribution in [3.8, 4) is 0 Å². The Morgan fingerprint density at radius 2 is 1.77 bits per heavy atom. The van der Waals surface area contributed by atoms with Gasteiger partial charge in [0, 0.05) is 10.2 Å². The second kappa shape index (κ2) is 8.63. The Kier molecular flexibility index (Phi) is 6.76. The molecular formula is C17H19BrN2O5S. The zero-order valence-corrected chi connectivity index (χ0v) is 16.3. The van der Waals surface area contributed by atoms with E-state index in [0.717, 1.165) is 0 Å². The molecule has 0 bridgehead atoms. The number of carbonyl (C=O) groups is 1. The maximum Gasteiger partial charge on any atom is 0.327 e. The summed E-state index contributed by atoms with van der Waals surface area (Å²) in [7, 11) is -4.06. The van der Waals surface area contributed by atoms with E-state index in [-0.39, 0.29) is 11.5 Å². The van der Waals surface area contributed by atoms with E-state index in [4.69, 9.17) is 10.5 Å². The van der Waals surface area contributed by atoms with Crippen LogP contribution in [0.4, 0.5) is 5.69 Å². The highest BCUT2D eigenvalue weighted by molar-refractivity contribution is 9.10. The molecule has 0 aliphatic carbocycles. The van der Waals surface area contributed by atoms with E-state index < -0.39 is 28.1 Å². The molecule has 4 N–H and O–H groups in total. The maximum atomic E-state index is 12.6. The lowest BCUT2D eigenvalue weighted by Gasteiger charge is -2.23.